The maximum Gasteiger partial charge on any atom is 0.231 e. The summed E-state index contributed by atoms with van der Waals surface area (Å²) >= 11 is 3.70. The van der Waals surface area contributed by atoms with Crippen molar-refractivity contribution < 1.29 is 9.47 Å². The van der Waals surface area contributed by atoms with Crippen LogP contribution in [0, 0.1) is 13.8 Å². The van der Waals surface area contributed by atoms with Crippen LogP contribution in [0.5, 0.6) is 11.5 Å². The SMILES string of the molecule is Br.Cc1cc2c(cc1C)N(Cc1ccccc1Br)CN2Cc1ccc2c(c1)OCO2. The van der Waals surface area contributed by atoms with E-state index in [1.54, 1.807) is 0 Å². The predicted octanol–water partition coefficient (Wildman–Crippen LogP) is 6.36. The highest BCUT2D eigenvalue weighted by atomic mass is 79.9. The number of aryl methyl sites for hydroxylation is 2. The van der Waals surface area contributed by atoms with Gasteiger partial charge in [0, 0.05) is 17.6 Å². The molecule has 3 aromatic carbocycles. The largest absolute Gasteiger partial charge is 0.454 e. The Morgan fingerprint density at radius 1 is 0.833 bits per heavy atom. The van der Waals surface area contributed by atoms with Crippen LogP contribution in [0.4, 0.5) is 11.4 Å². The van der Waals surface area contributed by atoms with E-state index in [9.17, 15) is 0 Å². The molecule has 0 bridgehead atoms. The number of halogens is 2. The zero-order chi connectivity index (χ0) is 20.0. The van der Waals surface area contributed by atoms with Gasteiger partial charge in [-0.25, -0.2) is 0 Å². The number of hydrogen-bond acceptors (Lipinski definition) is 4. The lowest BCUT2D eigenvalue weighted by atomic mass is 10.1. The first-order valence-corrected chi connectivity index (χ1v) is 10.6. The monoisotopic (exact) mass is 530 g/mol. The second-order valence-electron chi connectivity index (χ2n) is 7.74. The third-order valence-corrected chi connectivity index (χ3v) is 6.52. The molecule has 0 aliphatic carbocycles. The van der Waals surface area contributed by atoms with E-state index in [4.69, 9.17) is 9.47 Å². The van der Waals surface area contributed by atoms with Crippen LogP contribution < -0.4 is 19.3 Å². The van der Waals surface area contributed by atoms with Gasteiger partial charge in [0.2, 0.25) is 6.79 Å². The minimum absolute atomic E-state index is 0. The van der Waals surface area contributed by atoms with Gasteiger partial charge in [-0.2, -0.15) is 0 Å². The number of benzene rings is 3. The van der Waals surface area contributed by atoms with E-state index in [-0.39, 0.29) is 17.0 Å². The molecular weight excluding hydrogens is 508 g/mol. The molecule has 156 valence electrons. The zero-order valence-electron chi connectivity index (χ0n) is 17.0. The summed E-state index contributed by atoms with van der Waals surface area (Å²) in [7, 11) is 0. The van der Waals surface area contributed by atoms with E-state index in [1.807, 2.05) is 6.07 Å². The molecular formula is C24H24Br2N2O2. The first-order valence-electron chi connectivity index (χ1n) is 9.81. The summed E-state index contributed by atoms with van der Waals surface area (Å²) in [6, 6.07) is 19.3. The van der Waals surface area contributed by atoms with Crippen LogP contribution in [0.3, 0.4) is 0 Å². The molecule has 2 aliphatic rings. The van der Waals surface area contributed by atoms with Crippen LogP contribution in [0.1, 0.15) is 22.3 Å². The summed E-state index contributed by atoms with van der Waals surface area (Å²) in [5.41, 5.74) is 7.75. The molecule has 0 amide bonds. The quantitative estimate of drug-likeness (QED) is 0.391. The summed E-state index contributed by atoms with van der Waals surface area (Å²) in [5, 5.41) is 0. The number of anilines is 2. The minimum atomic E-state index is 0. The lowest BCUT2D eigenvalue weighted by Crippen LogP contribution is -2.30. The number of rotatable bonds is 4. The Bertz CT molecular complexity index is 1090. The average Bonchev–Trinajstić information content (AvgIpc) is 3.29. The highest BCUT2D eigenvalue weighted by molar-refractivity contribution is 9.10. The Morgan fingerprint density at radius 3 is 2.23 bits per heavy atom. The average molecular weight is 532 g/mol. The van der Waals surface area contributed by atoms with Gasteiger partial charge in [-0.1, -0.05) is 40.2 Å². The summed E-state index contributed by atoms with van der Waals surface area (Å²) in [4.78, 5) is 4.89. The summed E-state index contributed by atoms with van der Waals surface area (Å²) in [6.45, 7) is 7.24. The third-order valence-electron chi connectivity index (χ3n) is 5.74. The Morgan fingerprint density at radius 2 is 1.50 bits per heavy atom. The van der Waals surface area contributed by atoms with Crippen molar-refractivity contribution in [3.05, 3.63) is 81.3 Å². The van der Waals surface area contributed by atoms with Gasteiger partial charge in [-0.3, -0.25) is 0 Å². The Labute approximate surface area is 196 Å². The van der Waals surface area contributed by atoms with Crippen molar-refractivity contribution in [1.82, 2.24) is 0 Å². The summed E-state index contributed by atoms with van der Waals surface area (Å²) in [5.74, 6) is 1.67. The molecule has 0 saturated carbocycles. The number of fused-ring (bicyclic) bond motifs is 2. The van der Waals surface area contributed by atoms with Gasteiger partial charge in [-0.05, 0) is 66.4 Å². The fourth-order valence-electron chi connectivity index (χ4n) is 4.01. The van der Waals surface area contributed by atoms with E-state index >= 15 is 0 Å². The van der Waals surface area contributed by atoms with Gasteiger partial charge < -0.3 is 19.3 Å². The Kier molecular flexibility index (Phi) is 5.98. The molecule has 0 aromatic heterocycles. The molecule has 4 nitrogen and oxygen atoms in total. The molecule has 0 radical (unpaired) electrons. The van der Waals surface area contributed by atoms with Crippen LogP contribution in [-0.4, -0.2) is 13.5 Å². The normalized spacial score (nSPS) is 14.0. The summed E-state index contributed by atoms with van der Waals surface area (Å²) in [6.07, 6.45) is 0. The summed E-state index contributed by atoms with van der Waals surface area (Å²) < 4.78 is 12.2. The Balaban J connectivity index is 0.00000218. The van der Waals surface area contributed by atoms with Crippen molar-refractivity contribution >= 4 is 44.3 Å². The minimum Gasteiger partial charge on any atom is -0.454 e. The molecule has 0 atom stereocenters. The molecule has 2 aliphatic heterocycles. The highest BCUT2D eigenvalue weighted by Gasteiger charge is 2.27. The van der Waals surface area contributed by atoms with Gasteiger partial charge in [0.15, 0.2) is 11.5 Å². The topological polar surface area (TPSA) is 24.9 Å². The number of ether oxygens (including phenoxy) is 2. The van der Waals surface area contributed by atoms with E-state index in [1.165, 1.54) is 33.6 Å². The van der Waals surface area contributed by atoms with Gasteiger partial charge in [0.1, 0.15) is 0 Å². The van der Waals surface area contributed by atoms with Crippen LogP contribution in [0.2, 0.25) is 0 Å². The predicted molar refractivity (Wildman–Crippen MR) is 130 cm³/mol. The molecule has 3 aromatic rings. The standard InChI is InChI=1S/C24H23BrN2O2.BrH/c1-16-9-21-22(10-17(16)2)27(13-19-5-3-4-6-20(19)25)14-26(21)12-18-7-8-23-24(11-18)29-15-28-23;/h3-11H,12-15H2,1-2H3;1H. The second-order valence-corrected chi connectivity index (χ2v) is 8.60. The maximum absolute atomic E-state index is 5.56. The molecule has 5 rings (SSSR count). The first-order chi connectivity index (χ1) is 14.1. The van der Waals surface area contributed by atoms with Gasteiger partial charge in [-0.15, -0.1) is 17.0 Å². The molecule has 2 heterocycles. The van der Waals surface area contributed by atoms with E-state index in [0.29, 0.717) is 6.79 Å². The lowest BCUT2D eigenvalue weighted by molar-refractivity contribution is 0.174. The van der Waals surface area contributed by atoms with Crippen molar-refractivity contribution in [2.45, 2.75) is 26.9 Å². The van der Waals surface area contributed by atoms with E-state index < -0.39 is 0 Å². The van der Waals surface area contributed by atoms with Crippen molar-refractivity contribution in [2.24, 2.45) is 0 Å². The lowest BCUT2D eigenvalue weighted by Gasteiger charge is -2.22. The second kappa shape index (κ2) is 8.52. The molecule has 6 heteroatoms. The highest BCUT2D eigenvalue weighted by Crippen LogP contribution is 2.41. The molecule has 30 heavy (non-hydrogen) atoms. The van der Waals surface area contributed by atoms with Crippen molar-refractivity contribution in [3.8, 4) is 11.5 Å². The molecule has 0 fully saturated rings. The van der Waals surface area contributed by atoms with Gasteiger partial charge in [0.25, 0.3) is 0 Å². The Hall–Kier alpha value is -2.18. The van der Waals surface area contributed by atoms with Crippen LogP contribution in [-0.2, 0) is 13.1 Å². The molecule has 0 spiro atoms. The smallest absolute Gasteiger partial charge is 0.231 e. The fraction of sp³-hybridized carbons (Fsp3) is 0.250. The van der Waals surface area contributed by atoms with Crippen molar-refractivity contribution in [1.29, 1.82) is 0 Å². The number of nitrogens with zero attached hydrogens (tertiary/aromatic N) is 2. The maximum atomic E-state index is 5.56. The van der Waals surface area contributed by atoms with Crippen molar-refractivity contribution in [3.63, 3.8) is 0 Å². The fourth-order valence-corrected chi connectivity index (χ4v) is 4.42. The van der Waals surface area contributed by atoms with Crippen molar-refractivity contribution in [2.75, 3.05) is 23.3 Å². The molecule has 0 saturated heterocycles. The first kappa shape index (κ1) is 21.1. The van der Waals surface area contributed by atoms with Gasteiger partial charge in [0.05, 0.1) is 18.0 Å². The van der Waals surface area contributed by atoms with Crippen LogP contribution in [0.25, 0.3) is 0 Å². The molecule has 0 N–H and O–H groups in total. The third kappa shape index (κ3) is 3.91. The van der Waals surface area contributed by atoms with Gasteiger partial charge >= 0.3 is 0 Å². The van der Waals surface area contributed by atoms with Crippen LogP contribution >= 0.6 is 32.9 Å². The van der Waals surface area contributed by atoms with E-state index in [2.05, 4.69) is 88.1 Å². The van der Waals surface area contributed by atoms with Crippen LogP contribution in [0.15, 0.2) is 59.1 Å². The number of hydrogen-bond donors (Lipinski definition) is 0. The molecule has 0 unspecified atom stereocenters. The van der Waals surface area contributed by atoms with E-state index in [0.717, 1.165) is 35.7 Å². The zero-order valence-corrected chi connectivity index (χ0v) is 20.3.